The van der Waals surface area contributed by atoms with Gasteiger partial charge in [-0.2, -0.15) is 0 Å². The summed E-state index contributed by atoms with van der Waals surface area (Å²) in [6.07, 6.45) is 8.47. The van der Waals surface area contributed by atoms with Crippen LogP contribution >= 0.6 is 0 Å². The minimum atomic E-state index is -0.00424. The highest BCUT2D eigenvalue weighted by atomic mass is 16.2. The van der Waals surface area contributed by atoms with Crippen molar-refractivity contribution in [3.63, 3.8) is 0 Å². The quantitative estimate of drug-likeness (QED) is 0.822. The van der Waals surface area contributed by atoms with Gasteiger partial charge in [0.1, 0.15) is 0 Å². The smallest absolute Gasteiger partial charge is 0.317 e. The number of hydrogen-bond donors (Lipinski definition) is 2. The van der Waals surface area contributed by atoms with Crippen LogP contribution < -0.4 is 10.6 Å². The lowest BCUT2D eigenvalue weighted by Gasteiger charge is -2.44. The van der Waals surface area contributed by atoms with Crippen LogP contribution in [0.25, 0.3) is 0 Å². The molecule has 2 unspecified atom stereocenters. The zero-order chi connectivity index (χ0) is 18.2. The molecule has 2 aliphatic rings. The molecule has 2 atom stereocenters. The van der Waals surface area contributed by atoms with Crippen molar-refractivity contribution in [3.05, 3.63) is 35.9 Å². The number of nitrogens with one attached hydrogen (secondary N) is 2. The fourth-order valence-electron chi connectivity index (χ4n) is 4.34. The van der Waals surface area contributed by atoms with Gasteiger partial charge in [0.2, 0.25) is 5.91 Å². The van der Waals surface area contributed by atoms with Crippen molar-refractivity contribution < 1.29 is 9.59 Å². The lowest BCUT2D eigenvalue weighted by atomic mass is 9.78. The molecule has 2 N–H and O–H groups in total. The zero-order valence-electron chi connectivity index (χ0n) is 15.6. The number of carbonyl (C=O) groups is 2. The molecule has 0 spiro atoms. The van der Waals surface area contributed by atoms with Crippen molar-refractivity contribution in [1.29, 1.82) is 0 Å². The third-order valence-corrected chi connectivity index (χ3v) is 5.71. The third-order valence-electron chi connectivity index (χ3n) is 5.71. The van der Waals surface area contributed by atoms with Crippen molar-refractivity contribution in [3.8, 4) is 0 Å². The molecule has 26 heavy (non-hydrogen) atoms. The zero-order valence-corrected chi connectivity index (χ0v) is 15.6. The van der Waals surface area contributed by atoms with Crippen molar-refractivity contribution in [2.24, 2.45) is 5.92 Å². The Morgan fingerprint density at radius 2 is 1.73 bits per heavy atom. The molecular formula is C21H31N3O2. The van der Waals surface area contributed by atoms with E-state index in [0.717, 1.165) is 25.8 Å². The van der Waals surface area contributed by atoms with Crippen LogP contribution in [0.3, 0.4) is 0 Å². The second-order valence-electron chi connectivity index (χ2n) is 7.51. The van der Waals surface area contributed by atoms with Gasteiger partial charge in [0, 0.05) is 32.1 Å². The van der Waals surface area contributed by atoms with Crippen LogP contribution in [0.15, 0.2) is 30.3 Å². The Labute approximate surface area is 156 Å². The highest BCUT2D eigenvalue weighted by Crippen LogP contribution is 2.35. The van der Waals surface area contributed by atoms with Gasteiger partial charge in [-0.25, -0.2) is 4.79 Å². The molecule has 0 radical (unpaired) electrons. The Kier molecular flexibility index (Phi) is 6.92. The van der Waals surface area contributed by atoms with Gasteiger partial charge in [-0.1, -0.05) is 43.2 Å². The lowest BCUT2D eigenvalue weighted by molar-refractivity contribution is -0.120. The Bertz CT molecular complexity index is 588. The predicted molar refractivity (Wildman–Crippen MR) is 103 cm³/mol. The van der Waals surface area contributed by atoms with Gasteiger partial charge in [-0.15, -0.1) is 0 Å². The topological polar surface area (TPSA) is 61.4 Å². The average Bonchev–Trinajstić information content (AvgIpc) is 2.68. The normalized spacial score (nSPS) is 22.4. The van der Waals surface area contributed by atoms with E-state index in [2.05, 4.69) is 22.8 Å². The van der Waals surface area contributed by atoms with Gasteiger partial charge in [-0.05, 0) is 43.6 Å². The summed E-state index contributed by atoms with van der Waals surface area (Å²) in [7, 11) is 0. The fourth-order valence-corrected chi connectivity index (χ4v) is 4.34. The van der Waals surface area contributed by atoms with Crippen molar-refractivity contribution >= 4 is 11.9 Å². The number of fused-ring (bicyclic) bond motifs is 1. The molecule has 2 fully saturated rings. The number of nitrogens with zero attached hydrogens (tertiary/aromatic N) is 1. The molecule has 0 bridgehead atoms. The van der Waals surface area contributed by atoms with Gasteiger partial charge in [0.15, 0.2) is 0 Å². The Balaban J connectivity index is 1.33. The maximum absolute atomic E-state index is 12.5. The number of hydrogen-bond acceptors (Lipinski definition) is 2. The molecule has 1 aliphatic heterocycles. The Morgan fingerprint density at radius 1 is 0.962 bits per heavy atom. The summed E-state index contributed by atoms with van der Waals surface area (Å²) in [5.41, 5.74) is 1.22. The first kappa shape index (κ1) is 18.7. The van der Waals surface area contributed by atoms with Gasteiger partial charge in [-0.3, -0.25) is 4.79 Å². The maximum atomic E-state index is 12.5. The monoisotopic (exact) mass is 357 g/mol. The summed E-state index contributed by atoms with van der Waals surface area (Å²) in [6.45, 7) is 1.90. The van der Waals surface area contributed by atoms with Gasteiger partial charge >= 0.3 is 6.03 Å². The number of rotatable bonds is 6. The Morgan fingerprint density at radius 3 is 2.58 bits per heavy atom. The van der Waals surface area contributed by atoms with Crippen LogP contribution in [0, 0.1) is 5.92 Å². The first-order valence-corrected chi connectivity index (χ1v) is 10.1. The summed E-state index contributed by atoms with van der Waals surface area (Å²) in [6, 6.07) is 10.5. The summed E-state index contributed by atoms with van der Waals surface area (Å²) in [4.78, 5) is 26.5. The summed E-state index contributed by atoms with van der Waals surface area (Å²) in [5, 5.41) is 5.88. The molecule has 5 nitrogen and oxygen atoms in total. The van der Waals surface area contributed by atoms with E-state index in [0.29, 0.717) is 31.5 Å². The molecule has 1 aromatic carbocycles. The van der Waals surface area contributed by atoms with Crippen molar-refractivity contribution in [1.82, 2.24) is 15.5 Å². The number of benzene rings is 1. The van der Waals surface area contributed by atoms with E-state index in [4.69, 9.17) is 0 Å². The number of urea groups is 1. The highest BCUT2D eigenvalue weighted by Gasteiger charge is 2.35. The van der Waals surface area contributed by atoms with E-state index >= 15 is 0 Å². The van der Waals surface area contributed by atoms with Gasteiger partial charge < -0.3 is 15.5 Å². The second kappa shape index (κ2) is 9.60. The molecule has 3 amide bonds. The van der Waals surface area contributed by atoms with E-state index < -0.39 is 0 Å². The summed E-state index contributed by atoms with van der Waals surface area (Å²) in [5.74, 6) is 0.681. The number of likely N-dealkylation sites (tertiary alicyclic amines) is 1. The van der Waals surface area contributed by atoms with Crippen LogP contribution in [0.5, 0.6) is 0 Å². The predicted octanol–water partition coefficient (Wildman–Crippen LogP) is 3.10. The van der Waals surface area contributed by atoms with Gasteiger partial charge in [0.25, 0.3) is 0 Å². The van der Waals surface area contributed by atoms with E-state index in [1.54, 1.807) is 0 Å². The molecule has 3 rings (SSSR count). The molecule has 5 heteroatoms. The molecular weight excluding hydrogens is 326 g/mol. The molecule has 1 saturated carbocycles. The van der Waals surface area contributed by atoms with E-state index in [1.165, 1.54) is 31.2 Å². The lowest BCUT2D eigenvalue weighted by Crippen LogP contribution is -2.53. The maximum Gasteiger partial charge on any atom is 0.317 e. The van der Waals surface area contributed by atoms with Crippen molar-refractivity contribution in [2.75, 3.05) is 19.6 Å². The number of carbonyl (C=O) groups excluding carboxylic acids is 2. The van der Waals surface area contributed by atoms with E-state index in [-0.39, 0.29) is 11.9 Å². The molecule has 1 aromatic rings. The molecule has 1 aliphatic carbocycles. The van der Waals surface area contributed by atoms with Crippen LogP contribution in [0.2, 0.25) is 0 Å². The van der Waals surface area contributed by atoms with Crippen LogP contribution in [0.4, 0.5) is 4.79 Å². The first-order chi connectivity index (χ1) is 12.7. The molecule has 1 heterocycles. The van der Waals surface area contributed by atoms with Gasteiger partial charge in [0.05, 0.1) is 0 Å². The standard InChI is InChI=1S/C21H31N3O2/c25-20(22-14-12-17-7-2-1-3-8-17)13-15-23-21(26)24-16-6-10-18-9-4-5-11-19(18)24/h1-3,7-8,18-19H,4-6,9-16H2,(H,22,25)(H,23,26). The third kappa shape index (κ3) is 5.23. The second-order valence-corrected chi connectivity index (χ2v) is 7.51. The highest BCUT2D eigenvalue weighted by molar-refractivity contribution is 5.78. The summed E-state index contributed by atoms with van der Waals surface area (Å²) >= 11 is 0. The largest absolute Gasteiger partial charge is 0.356 e. The SMILES string of the molecule is O=C(CCNC(=O)N1CCCC2CCCCC21)NCCc1ccccc1. The van der Waals surface area contributed by atoms with E-state index in [1.807, 2.05) is 23.1 Å². The minimum absolute atomic E-state index is 0.00424. The number of amides is 3. The van der Waals surface area contributed by atoms with E-state index in [9.17, 15) is 9.59 Å². The Hall–Kier alpha value is -2.04. The fraction of sp³-hybridized carbons (Fsp3) is 0.619. The first-order valence-electron chi connectivity index (χ1n) is 10.1. The average molecular weight is 357 g/mol. The summed E-state index contributed by atoms with van der Waals surface area (Å²) < 4.78 is 0. The molecule has 1 saturated heterocycles. The minimum Gasteiger partial charge on any atom is -0.356 e. The molecule has 0 aromatic heterocycles. The van der Waals surface area contributed by atoms with Crippen molar-refractivity contribution in [2.45, 2.75) is 57.4 Å². The molecule has 142 valence electrons. The van der Waals surface area contributed by atoms with Crippen LogP contribution in [0.1, 0.15) is 50.5 Å². The number of piperidine rings is 1. The van der Waals surface area contributed by atoms with Crippen LogP contribution in [-0.2, 0) is 11.2 Å². The van der Waals surface area contributed by atoms with Crippen LogP contribution in [-0.4, -0.2) is 42.5 Å².